The van der Waals surface area contributed by atoms with Gasteiger partial charge in [-0.1, -0.05) is 18.5 Å². The van der Waals surface area contributed by atoms with E-state index in [-0.39, 0.29) is 17.7 Å². The zero-order valence-corrected chi connectivity index (χ0v) is 14.4. The molecular weight excluding hydrogens is 316 g/mol. The summed E-state index contributed by atoms with van der Waals surface area (Å²) in [7, 11) is 1.55. The number of anilines is 1. The number of hydrogen-bond donors (Lipinski definition) is 1. The molecule has 1 aromatic carbocycles. The first-order valence-corrected chi connectivity index (χ1v) is 8.35. The Morgan fingerprint density at radius 1 is 1.35 bits per heavy atom. The van der Waals surface area contributed by atoms with Gasteiger partial charge in [-0.3, -0.25) is 9.59 Å². The second-order valence-electron chi connectivity index (χ2n) is 5.74. The highest BCUT2D eigenvalue weighted by molar-refractivity contribution is 6.32. The summed E-state index contributed by atoms with van der Waals surface area (Å²) in [5.74, 6) is 0.677. The van der Waals surface area contributed by atoms with Crippen LogP contribution < -0.4 is 10.1 Å². The number of halogens is 1. The highest BCUT2D eigenvalue weighted by Gasteiger charge is 2.27. The lowest BCUT2D eigenvalue weighted by molar-refractivity contribution is -0.134. The van der Waals surface area contributed by atoms with Crippen LogP contribution in [0.3, 0.4) is 0 Å². The maximum atomic E-state index is 12.3. The molecule has 1 aromatic rings. The third kappa shape index (κ3) is 4.61. The molecule has 0 aliphatic carbocycles. The molecule has 1 aliphatic heterocycles. The molecule has 5 nitrogen and oxygen atoms in total. The zero-order chi connectivity index (χ0) is 16.8. The minimum Gasteiger partial charge on any atom is -0.495 e. The summed E-state index contributed by atoms with van der Waals surface area (Å²) in [6.07, 6.45) is 2.84. The van der Waals surface area contributed by atoms with Crippen molar-refractivity contribution in [3.8, 4) is 5.75 Å². The number of benzene rings is 1. The van der Waals surface area contributed by atoms with Crippen molar-refractivity contribution in [3.05, 3.63) is 23.2 Å². The number of carbonyl (C=O) groups excluding carboxylic acids is 2. The number of carbonyl (C=O) groups is 2. The molecule has 0 aromatic heterocycles. The fourth-order valence-corrected chi connectivity index (χ4v) is 3.01. The van der Waals surface area contributed by atoms with Crippen LogP contribution in [0.15, 0.2) is 18.2 Å². The van der Waals surface area contributed by atoms with E-state index in [1.54, 1.807) is 25.3 Å². The van der Waals surface area contributed by atoms with Gasteiger partial charge in [-0.15, -0.1) is 0 Å². The van der Waals surface area contributed by atoms with Crippen LogP contribution in [-0.4, -0.2) is 36.9 Å². The van der Waals surface area contributed by atoms with E-state index in [9.17, 15) is 9.59 Å². The van der Waals surface area contributed by atoms with Crippen LogP contribution in [-0.2, 0) is 9.59 Å². The van der Waals surface area contributed by atoms with Crippen LogP contribution in [0.4, 0.5) is 5.69 Å². The van der Waals surface area contributed by atoms with Gasteiger partial charge in [0.25, 0.3) is 0 Å². The summed E-state index contributed by atoms with van der Waals surface area (Å²) >= 11 is 6.06. The molecule has 2 rings (SSSR count). The van der Waals surface area contributed by atoms with Gasteiger partial charge in [0.15, 0.2) is 0 Å². The fraction of sp³-hybridized carbons (Fsp3) is 0.529. The van der Waals surface area contributed by atoms with Crippen molar-refractivity contribution >= 4 is 29.1 Å². The van der Waals surface area contributed by atoms with E-state index in [1.165, 1.54) is 0 Å². The predicted octanol–water partition coefficient (Wildman–Crippen LogP) is 3.33. The topological polar surface area (TPSA) is 58.6 Å². The molecule has 23 heavy (non-hydrogen) atoms. The average molecular weight is 339 g/mol. The quantitative estimate of drug-likeness (QED) is 0.895. The van der Waals surface area contributed by atoms with Crippen molar-refractivity contribution < 1.29 is 14.3 Å². The van der Waals surface area contributed by atoms with E-state index in [0.717, 1.165) is 6.42 Å². The van der Waals surface area contributed by atoms with E-state index < -0.39 is 0 Å². The van der Waals surface area contributed by atoms with Gasteiger partial charge in [0.2, 0.25) is 11.8 Å². The molecule has 126 valence electrons. The summed E-state index contributed by atoms with van der Waals surface area (Å²) in [4.78, 5) is 26.1. The lowest BCUT2D eigenvalue weighted by atomic mass is 9.95. The molecule has 0 radical (unpaired) electrons. The minimum absolute atomic E-state index is 0.0196. The number of rotatable bonds is 5. The maximum absolute atomic E-state index is 12.3. The smallest absolute Gasteiger partial charge is 0.227 e. The number of nitrogens with zero attached hydrogens (tertiary/aromatic N) is 1. The van der Waals surface area contributed by atoms with Gasteiger partial charge in [0, 0.05) is 31.1 Å². The van der Waals surface area contributed by atoms with Crippen LogP contribution in [0, 0.1) is 5.92 Å². The van der Waals surface area contributed by atoms with Crippen LogP contribution in [0.25, 0.3) is 0 Å². The van der Waals surface area contributed by atoms with E-state index >= 15 is 0 Å². The lowest BCUT2D eigenvalue weighted by Crippen LogP contribution is -2.41. The Morgan fingerprint density at radius 2 is 2.04 bits per heavy atom. The van der Waals surface area contributed by atoms with E-state index in [1.807, 2.05) is 11.8 Å². The third-order valence-corrected chi connectivity index (χ3v) is 4.40. The summed E-state index contributed by atoms with van der Waals surface area (Å²) in [5.41, 5.74) is 0.658. The first-order chi connectivity index (χ1) is 11.0. The van der Waals surface area contributed by atoms with Crippen molar-refractivity contribution in [2.24, 2.45) is 5.92 Å². The van der Waals surface area contributed by atoms with E-state index in [0.29, 0.717) is 48.8 Å². The molecule has 1 fully saturated rings. The summed E-state index contributed by atoms with van der Waals surface area (Å²) in [6.45, 7) is 3.30. The molecule has 2 amide bonds. The molecule has 0 bridgehead atoms. The van der Waals surface area contributed by atoms with Gasteiger partial charge < -0.3 is 15.0 Å². The van der Waals surface area contributed by atoms with Crippen molar-refractivity contribution in [3.63, 3.8) is 0 Å². The second kappa shape index (κ2) is 8.20. The van der Waals surface area contributed by atoms with Crippen LogP contribution in [0.5, 0.6) is 5.75 Å². The molecule has 1 heterocycles. The Balaban J connectivity index is 1.88. The number of nitrogens with one attached hydrogen (secondary N) is 1. The molecule has 0 saturated carbocycles. The lowest BCUT2D eigenvalue weighted by Gasteiger charge is -2.31. The Hall–Kier alpha value is -1.75. The first kappa shape index (κ1) is 17.6. The van der Waals surface area contributed by atoms with Gasteiger partial charge >= 0.3 is 0 Å². The van der Waals surface area contributed by atoms with E-state index in [4.69, 9.17) is 16.3 Å². The number of ether oxygens (including phenoxy) is 1. The SMILES string of the molecule is CCCC(=O)N1CCC(C(=O)Nc2ccc(OC)c(Cl)c2)CC1. The second-order valence-corrected chi connectivity index (χ2v) is 6.15. The van der Waals surface area contributed by atoms with Gasteiger partial charge in [-0.25, -0.2) is 0 Å². The number of hydrogen-bond acceptors (Lipinski definition) is 3. The summed E-state index contributed by atoms with van der Waals surface area (Å²) < 4.78 is 5.09. The minimum atomic E-state index is -0.0680. The number of methoxy groups -OCH3 is 1. The normalized spacial score (nSPS) is 15.3. The van der Waals surface area contributed by atoms with Crippen molar-refractivity contribution in [1.29, 1.82) is 0 Å². The Bertz CT molecular complexity index is 569. The van der Waals surface area contributed by atoms with Crippen molar-refractivity contribution in [1.82, 2.24) is 4.90 Å². The maximum Gasteiger partial charge on any atom is 0.227 e. The van der Waals surface area contributed by atoms with Gasteiger partial charge in [0.1, 0.15) is 5.75 Å². The Labute approximate surface area is 141 Å². The molecule has 0 atom stereocenters. The first-order valence-electron chi connectivity index (χ1n) is 7.97. The number of piperidine rings is 1. The van der Waals surface area contributed by atoms with Crippen LogP contribution in [0.2, 0.25) is 5.02 Å². The molecule has 1 aliphatic rings. The number of likely N-dealkylation sites (tertiary alicyclic amines) is 1. The number of amides is 2. The molecular formula is C17H23ClN2O3. The van der Waals surface area contributed by atoms with Gasteiger partial charge in [0.05, 0.1) is 12.1 Å². The largest absolute Gasteiger partial charge is 0.495 e. The molecule has 1 saturated heterocycles. The van der Waals surface area contributed by atoms with Crippen LogP contribution in [0.1, 0.15) is 32.6 Å². The highest BCUT2D eigenvalue weighted by atomic mass is 35.5. The molecule has 0 unspecified atom stereocenters. The molecule has 1 N–H and O–H groups in total. The van der Waals surface area contributed by atoms with E-state index in [2.05, 4.69) is 5.32 Å². The Kier molecular flexibility index (Phi) is 6.28. The summed E-state index contributed by atoms with van der Waals surface area (Å²) in [5, 5.41) is 3.35. The summed E-state index contributed by atoms with van der Waals surface area (Å²) in [6, 6.07) is 5.17. The standard InChI is InChI=1S/C17H23ClN2O3/c1-3-4-16(21)20-9-7-12(8-10-20)17(22)19-13-5-6-15(23-2)14(18)11-13/h5-6,11-12H,3-4,7-10H2,1-2H3,(H,19,22). The average Bonchev–Trinajstić information content (AvgIpc) is 2.55. The van der Waals surface area contributed by atoms with Crippen molar-refractivity contribution in [2.75, 3.05) is 25.5 Å². The third-order valence-electron chi connectivity index (χ3n) is 4.10. The van der Waals surface area contributed by atoms with Gasteiger partial charge in [-0.2, -0.15) is 0 Å². The fourth-order valence-electron chi connectivity index (χ4n) is 2.75. The molecule has 6 heteroatoms. The van der Waals surface area contributed by atoms with Gasteiger partial charge in [-0.05, 0) is 37.5 Å². The predicted molar refractivity (Wildman–Crippen MR) is 90.8 cm³/mol. The highest BCUT2D eigenvalue weighted by Crippen LogP contribution is 2.28. The van der Waals surface area contributed by atoms with Crippen LogP contribution >= 0.6 is 11.6 Å². The zero-order valence-electron chi connectivity index (χ0n) is 13.6. The Morgan fingerprint density at radius 3 is 2.61 bits per heavy atom. The monoisotopic (exact) mass is 338 g/mol. The van der Waals surface area contributed by atoms with Crippen molar-refractivity contribution in [2.45, 2.75) is 32.6 Å². The molecule has 0 spiro atoms.